The zero-order valence-electron chi connectivity index (χ0n) is 13.4. The lowest BCUT2D eigenvalue weighted by molar-refractivity contribution is 0.112. The molecule has 2 aromatic carbocycles. The molecule has 0 fully saturated rings. The number of aldehydes is 1. The first-order valence-corrected chi connectivity index (χ1v) is 7.99. The van der Waals surface area contributed by atoms with E-state index in [1.165, 1.54) is 0 Å². The second-order valence-corrected chi connectivity index (χ2v) is 5.64. The van der Waals surface area contributed by atoms with Gasteiger partial charge in [0.1, 0.15) is 5.82 Å². The molecule has 0 aliphatic heterocycles. The van der Waals surface area contributed by atoms with E-state index in [0.29, 0.717) is 29.4 Å². The molecule has 25 heavy (non-hydrogen) atoms. The maximum atomic E-state index is 11.7. The number of rotatable bonds is 5. The van der Waals surface area contributed by atoms with Gasteiger partial charge in [-0.25, -0.2) is 9.97 Å². The van der Waals surface area contributed by atoms with E-state index in [-0.39, 0.29) is 6.61 Å². The van der Waals surface area contributed by atoms with Crippen molar-refractivity contribution in [3.63, 3.8) is 0 Å². The van der Waals surface area contributed by atoms with E-state index >= 15 is 0 Å². The van der Waals surface area contributed by atoms with Crippen LogP contribution in [0.15, 0.2) is 48.5 Å². The lowest BCUT2D eigenvalue weighted by atomic mass is 10.1. The van der Waals surface area contributed by atoms with Crippen LogP contribution in [0, 0.1) is 0 Å². The minimum Gasteiger partial charge on any atom is -0.395 e. The summed E-state index contributed by atoms with van der Waals surface area (Å²) in [5.74, 6) is 1.07. The Morgan fingerprint density at radius 3 is 2.60 bits per heavy atom. The van der Waals surface area contributed by atoms with Crippen molar-refractivity contribution in [1.82, 2.24) is 15.0 Å². The molecule has 0 atom stereocenters. The molecule has 2 heterocycles. The minimum absolute atomic E-state index is 0.000359. The number of para-hydroxylation sites is 2. The SMILES string of the molecule is O=Cc1c(-c2nc(NCCO)c3ccccc3n2)[nH]c2ccccc12. The molecule has 0 spiro atoms. The van der Waals surface area contributed by atoms with Gasteiger partial charge in [0.15, 0.2) is 12.1 Å². The number of benzene rings is 2. The predicted molar refractivity (Wildman–Crippen MR) is 97.8 cm³/mol. The van der Waals surface area contributed by atoms with Crippen LogP contribution in [0.3, 0.4) is 0 Å². The fourth-order valence-corrected chi connectivity index (χ4v) is 2.96. The molecule has 4 aromatic rings. The first-order valence-electron chi connectivity index (χ1n) is 7.99. The van der Waals surface area contributed by atoms with Crippen LogP contribution in [-0.2, 0) is 0 Å². The molecule has 0 radical (unpaired) electrons. The Kier molecular flexibility index (Phi) is 3.87. The van der Waals surface area contributed by atoms with Gasteiger partial charge in [-0.05, 0) is 18.2 Å². The van der Waals surface area contributed by atoms with Crippen LogP contribution in [0.4, 0.5) is 5.82 Å². The van der Waals surface area contributed by atoms with E-state index in [1.807, 2.05) is 48.5 Å². The number of aliphatic hydroxyl groups is 1. The van der Waals surface area contributed by atoms with Crippen molar-refractivity contribution in [2.75, 3.05) is 18.5 Å². The second-order valence-electron chi connectivity index (χ2n) is 5.64. The highest BCUT2D eigenvalue weighted by molar-refractivity contribution is 6.04. The number of fused-ring (bicyclic) bond motifs is 2. The first-order chi connectivity index (χ1) is 12.3. The Hall–Kier alpha value is -3.25. The Morgan fingerprint density at radius 1 is 1.04 bits per heavy atom. The standard InChI is InChI=1S/C19H16N4O2/c24-10-9-20-18-13-6-2-4-8-16(13)22-19(23-18)17-14(11-25)12-5-1-3-7-15(12)21-17/h1-8,11,21,24H,9-10H2,(H,20,22,23). The summed E-state index contributed by atoms with van der Waals surface area (Å²) in [6.07, 6.45) is 0.827. The van der Waals surface area contributed by atoms with Crippen LogP contribution in [-0.4, -0.2) is 39.5 Å². The summed E-state index contributed by atoms with van der Waals surface area (Å²) in [6, 6.07) is 15.2. The van der Waals surface area contributed by atoms with Crippen molar-refractivity contribution in [3.05, 3.63) is 54.1 Å². The van der Waals surface area contributed by atoms with Gasteiger partial charge in [-0.3, -0.25) is 4.79 Å². The van der Waals surface area contributed by atoms with Crippen molar-refractivity contribution < 1.29 is 9.90 Å². The van der Waals surface area contributed by atoms with E-state index in [1.54, 1.807) is 0 Å². The van der Waals surface area contributed by atoms with E-state index < -0.39 is 0 Å². The molecule has 6 heteroatoms. The van der Waals surface area contributed by atoms with Crippen LogP contribution in [0.25, 0.3) is 33.3 Å². The number of hydrogen-bond donors (Lipinski definition) is 3. The smallest absolute Gasteiger partial charge is 0.179 e. The van der Waals surface area contributed by atoms with Crippen molar-refractivity contribution >= 4 is 33.9 Å². The van der Waals surface area contributed by atoms with Gasteiger partial charge < -0.3 is 15.4 Å². The van der Waals surface area contributed by atoms with Crippen LogP contribution < -0.4 is 5.32 Å². The lowest BCUT2D eigenvalue weighted by Gasteiger charge is -2.09. The summed E-state index contributed by atoms with van der Waals surface area (Å²) >= 11 is 0. The third-order valence-electron chi connectivity index (χ3n) is 4.10. The molecule has 0 saturated heterocycles. The lowest BCUT2D eigenvalue weighted by Crippen LogP contribution is -2.09. The predicted octanol–water partition coefficient (Wildman–Crippen LogP) is 2.99. The van der Waals surface area contributed by atoms with E-state index in [2.05, 4.69) is 20.3 Å². The summed E-state index contributed by atoms with van der Waals surface area (Å²) in [4.78, 5) is 24.1. The molecule has 3 N–H and O–H groups in total. The molecule has 6 nitrogen and oxygen atoms in total. The van der Waals surface area contributed by atoms with Crippen LogP contribution in [0.5, 0.6) is 0 Å². The minimum atomic E-state index is -0.000359. The number of aromatic amines is 1. The summed E-state index contributed by atoms with van der Waals surface area (Å²) in [7, 11) is 0. The molecule has 4 rings (SSSR count). The summed E-state index contributed by atoms with van der Waals surface area (Å²) < 4.78 is 0. The molecule has 124 valence electrons. The quantitative estimate of drug-likeness (QED) is 0.489. The average Bonchev–Trinajstić information content (AvgIpc) is 3.04. The molecule has 0 aliphatic rings. The molecule has 2 aromatic heterocycles. The van der Waals surface area contributed by atoms with Crippen molar-refractivity contribution in [2.24, 2.45) is 0 Å². The first kappa shape index (κ1) is 15.3. The number of nitrogens with one attached hydrogen (secondary N) is 2. The van der Waals surface area contributed by atoms with E-state index in [9.17, 15) is 4.79 Å². The Balaban J connectivity index is 1.96. The zero-order valence-corrected chi connectivity index (χ0v) is 13.4. The topological polar surface area (TPSA) is 90.9 Å². The maximum absolute atomic E-state index is 11.7. The van der Waals surface area contributed by atoms with Crippen molar-refractivity contribution in [2.45, 2.75) is 0 Å². The van der Waals surface area contributed by atoms with Gasteiger partial charge in [0, 0.05) is 22.8 Å². The van der Waals surface area contributed by atoms with Gasteiger partial charge in [0.05, 0.1) is 23.4 Å². The normalized spacial score (nSPS) is 11.1. The van der Waals surface area contributed by atoms with Gasteiger partial charge in [0.2, 0.25) is 0 Å². The Morgan fingerprint density at radius 2 is 1.80 bits per heavy atom. The summed E-state index contributed by atoms with van der Waals surface area (Å²) in [5, 5.41) is 13.9. The summed E-state index contributed by atoms with van der Waals surface area (Å²) in [5.41, 5.74) is 2.76. The number of anilines is 1. The highest BCUT2D eigenvalue weighted by atomic mass is 16.3. The van der Waals surface area contributed by atoms with Crippen LogP contribution in [0.1, 0.15) is 10.4 Å². The summed E-state index contributed by atoms with van der Waals surface area (Å²) in [6.45, 7) is 0.382. The average molecular weight is 332 g/mol. The molecule has 0 bridgehead atoms. The molecule has 0 amide bonds. The van der Waals surface area contributed by atoms with Crippen molar-refractivity contribution in [1.29, 1.82) is 0 Å². The van der Waals surface area contributed by atoms with Gasteiger partial charge in [-0.2, -0.15) is 0 Å². The highest BCUT2D eigenvalue weighted by Crippen LogP contribution is 2.30. The molecular formula is C19H16N4O2. The van der Waals surface area contributed by atoms with Gasteiger partial charge in [-0.1, -0.05) is 30.3 Å². The second kappa shape index (κ2) is 6.33. The highest BCUT2D eigenvalue weighted by Gasteiger charge is 2.16. The number of carbonyl (C=O) groups excluding carboxylic acids is 1. The Labute approximate surface area is 143 Å². The largest absolute Gasteiger partial charge is 0.395 e. The molecule has 0 aliphatic carbocycles. The maximum Gasteiger partial charge on any atom is 0.179 e. The Bertz CT molecular complexity index is 1070. The van der Waals surface area contributed by atoms with E-state index in [4.69, 9.17) is 5.11 Å². The number of hydrogen-bond acceptors (Lipinski definition) is 5. The number of aliphatic hydroxyl groups excluding tert-OH is 1. The van der Waals surface area contributed by atoms with Gasteiger partial charge in [-0.15, -0.1) is 0 Å². The van der Waals surface area contributed by atoms with Gasteiger partial charge >= 0.3 is 0 Å². The monoisotopic (exact) mass is 332 g/mol. The molecule has 0 saturated carbocycles. The number of aromatic nitrogens is 3. The molecule has 0 unspecified atom stereocenters. The van der Waals surface area contributed by atoms with E-state index in [0.717, 1.165) is 28.1 Å². The number of carbonyl (C=O) groups is 1. The third-order valence-corrected chi connectivity index (χ3v) is 4.10. The fourth-order valence-electron chi connectivity index (χ4n) is 2.96. The zero-order chi connectivity index (χ0) is 17.2. The van der Waals surface area contributed by atoms with Crippen LogP contribution >= 0.6 is 0 Å². The van der Waals surface area contributed by atoms with Crippen molar-refractivity contribution in [3.8, 4) is 11.5 Å². The number of H-pyrrole nitrogens is 1. The fraction of sp³-hybridized carbons (Fsp3) is 0.105. The third kappa shape index (κ3) is 2.62. The van der Waals surface area contributed by atoms with Crippen LogP contribution in [0.2, 0.25) is 0 Å². The molecular weight excluding hydrogens is 316 g/mol. The number of nitrogens with zero attached hydrogens (tertiary/aromatic N) is 2. The van der Waals surface area contributed by atoms with Gasteiger partial charge in [0.25, 0.3) is 0 Å².